The van der Waals surface area contributed by atoms with Gasteiger partial charge in [0.15, 0.2) is 0 Å². The molecule has 4 amide bonds. The van der Waals surface area contributed by atoms with Gasteiger partial charge in [-0.3, -0.25) is 24.4 Å². The molecule has 2 aliphatic rings. The normalized spacial score (nSPS) is 17.3. The lowest BCUT2D eigenvalue weighted by Crippen LogP contribution is -2.51. The molecule has 230 valence electrons. The van der Waals surface area contributed by atoms with Gasteiger partial charge in [-0.05, 0) is 36.4 Å². The molecule has 5 rings (SSSR count). The predicted molar refractivity (Wildman–Crippen MR) is 160 cm³/mol. The number of carbonyl (C=O) groups excluding carboxylic acids is 3. The van der Waals surface area contributed by atoms with Crippen LogP contribution in [0.25, 0.3) is 0 Å². The van der Waals surface area contributed by atoms with Crippen LogP contribution >= 0.6 is 0 Å². The van der Waals surface area contributed by atoms with Crippen molar-refractivity contribution in [3.63, 3.8) is 0 Å². The second-order valence-corrected chi connectivity index (χ2v) is 10.3. The van der Waals surface area contributed by atoms with Crippen LogP contribution in [0.15, 0.2) is 83.9 Å². The number of halogens is 3. The van der Waals surface area contributed by atoms with Crippen molar-refractivity contribution in [1.29, 1.82) is 0 Å². The van der Waals surface area contributed by atoms with E-state index >= 15 is 0 Å². The van der Waals surface area contributed by atoms with Crippen LogP contribution in [0.1, 0.15) is 11.1 Å². The third-order valence-corrected chi connectivity index (χ3v) is 7.29. The van der Waals surface area contributed by atoms with Crippen molar-refractivity contribution in [3.8, 4) is 0 Å². The van der Waals surface area contributed by atoms with Gasteiger partial charge in [-0.1, -0.05) is 42.5 Å². The molecule has 2 aliphatic heterocycles. The lowest BCUT2D eigenvalue weighted by Gasteiger charge is -2.28. The first-order chi connectivity index (χ1) is 21.1. The van der Waals surface area contributed by atoms with Crippen molar-refractivity contribution >= 4 is 40.6 Å². The molecule has 3 aromatic rings. The Kier molecular flexibility index (Phi) is 9.26. The number of nitrogens with zero attached hydrogens (tertiary/aromatic N) is 4. The first-order valence-corrected chi connectivity index (χ1v) is 13.9. The number of likely N-dealkylation sites (N-methyl/N-ethyl adjacent to an activating group) is 1. The molecule has 2 heterocycles. The van der Waals surface area contributed by atoms with Gasteiger partial charge >= 0.3 is 12.2 Å². The van der Waals surface area contributed by atoms with Crippen molar-refractivity contribution in [3.05, 3.63) is 90.0 Å². The van der Waals surface area contributed by atoms with E-state index in [2.05, 4.69) is 20.5 Å². The van der Waals surface area contributed by atoms with Gasteiger partial charge in [-0.15, -0.1) is 0 Å². The number of rotatable bonds is 7. The van der Waals surface area contributed by atoms with Crippen LogP contribution in [-0.2, 0) is 20.5 Å². The maximum Gasteiger partial charge on any atom is 0.416 e. The highest BCUT2D eigenvalue weighted by atomic mass is 19.4. The topological polar surface area (TPSA) is 107 Å². The Morgan fingerprint density at radius 2 is 1.70 bits per heavy atom. The predicted octanol–water partition coefficient (Wildman–Crippen LogP) is 3.98. The number of hydrogen-bond donors (Lipinski definition) is 2. The molecule has 13 heteroatoms. The van der Waals surface area contributed by atoms with E-state index in [4.69, 9.17) is 4.74 Å². The fraction of sp³-hybridized carbons (Fsp3) is 0.290. The molecular formula is C31H31F3N6O4. The summed E-state index contributed by atoms with van der Waals surface area (Å²) in [6, 6.07) is 19.2. The van der Waals surface area contributed by atoms with Crippen LogP contribution in [0.4, 0.5) is 35.0 Å². The molecule has 0 aromatic heterocycles. The number of aliphatic imine (C=N–C) groups is 1. The standard InChI is InChI=1S/C31H31F3N6O4/c1-38(23-10-3-2-4-11-23)27(41)20-40-26-13-6-5-12-24(26)25(19-39-14-16-44-17-15-39)36-28(29(40)42)37-30(43)35-22-9-7-8-21(18-22)31(32,33)34/h2-13,18,28H,14-17,19-20H2,1H3,(H2,35,37,43). The van der Waals surface area contributed by atoms with Gasteiger partial charge in [0.25, 0.3) is 5.91 Å². The molecule has 0 radical (unpaired) electrons. The molecular weight excluding hydrogens is 577 g/mol. The number of benzene rings is 3. The molecule has 1 saturated heterocycles. The van der Waals surface area contributed by atoms with Crippen LogP contribution in [0.3, 0.4) is 0 Å². The Morgan fingerprint density at radius 3 is 2.43 bits per heavy atom. The highest BCUT2D eigenvalue weighted by Gasteiger charge is 2.35. The molecule has 0 bridgehead atoms. The largest absolute Gasteiger partial charge is 0.416 e. The number of amides is 4. The van der Waals surface area contributed by atoms with E-state index in [1.165, 1.54) is 21.9 Å². The van der Waals surface area contributed by atoms with E-state index in [1.807, 2.05) is 6.07 Å². The number of morpholine rings is 1. The number of hydrogen-bond acceptors (Lipinski definition) is 6. The fourth-order valence-corrected chi connectivity index (χ4v) is 4.96. The van der Waals surface area contributed by atoms with Crippen molar-refractivity contribution in [1.82, 2.24) is 10.2 Å². The molecule has 10 nitrogen and oxygen atoms in total. The van der Waals surface area contributed by atoms with Crippen LogP contribution < -0.4 is 20.4 Å². The Labute approximate surface area is 252 Å². The van der Waals surface area contributed by atoms with Crippen molar-refractivity contribution in [2.75, 3.05) is 61.6 Å². The summed E-state index contributed by atoms with van der Waals surface area (Å²) in [6.07, 6.45) is -6.07. The van der Waals surface area contributed by atoms with E-state index in [1.54, 1.807) is 55.6 Å². The minimum atomic E-state index is -4.60. The minimum Gasteiger partial charge on any atom is -0.379 e. The number of ether oxygens (including phenoxy) is 1. The second kappa shape index (κ2) is 13.3. The monoisotopic (exact) mass is 608 g/mol. The highest BCUT2D eigenvalue weighted by molar-refractivity contribution is 6.16. The molecule has 0 aliphatic carbocycles. The quantitative estimate of drug-likeness (QED) is 0.422. The number of para-hydroxylation sites is 2. The molecule has 1 unspecified atom stereocenters. The number of nitrogens with one attached hydrogen (secondary N) is 2. The van der Waals surface area contributed by atoms with Gasteiger partial charge in [0.2, 0.25) is 12.1 Å². The maximum atomic E-state index is 14.0. The Bertz CT molecular complexity index is 1540. The molecule has 0 spiro atoms. The van der Waals surface area contributed by atoms with E-state index in [0.29, 0.717) is 55.5 Å². The summed E-state index contributed by atoms with van der Waals surface area (Å²) in [5.74, 6) is -1.06. The number of fused-ring (bicyclic) bond motifs is 1. The lowest BCUT2D eigenvalue weighted by atomic mass is 10.1. The van der Waals surface area contributed by atoms with Crippen LogP contribution in [-0.4, -0.2) is 81.1 Å². The molecule has 44 heavy (non-hydrogen) atoms. The van der Waals surface area contributed by atoms with Gasteiger partial charge < -0.3 is 20.3 Å². The van der Waals surface area contributed by atoms with Crippen LogP contribution in [0, 0.1) is 0 Å². The van der Waals surface area contributed by atoms with Crippen LogP contribution in [0.2, 0.25) is 0 Å². The first-order valence-electron chi connectivity index (χ1n) is 13.9. The van der Waals surface area contributed by atoms with Gasteiger partial charge in [0, 0.05) is 43.6 Å². The Balaban J connectivity index is 1.45. The number of anilines is 3. The average molecular weight is 609 g/mol. The lowest BCUT2D eigenvalue weighted by molar-refractivity contribution is -0.137. The van der Waals surface area contributed by atoms with Crippen molar-refractivity contribution in [2.45, 2.75) is 12.3 Å². The van der Waals surface area contributed by atoms with E-state index < -0.39 is 29.8 Å². The fourth-order valence-electron chi connectivity index (χ4n) is 4.96. The SMILES string of the molecule is CN(C(=O)CN1C(=O)C(NC(=O)Nc2cccc(C(F)(F)F)c2)N=C(CN2CCOCC2)c2ccccc21)c1ccccc1. The molecule has 0 saturated carbocycles. The maximum absolute atomic E-state index is 14.0. The Hall–Kier alpha value is -4.75. The third kappa shape index (κ3) is 7.24. The number of urea groups is 1. The van der Waals surface area contributed by atoms with Gasteiger partial charge in [-0.2, -0.15) is 13.2 Å². The third-order valence-electron chi connectivity index (χ3n) is 7.29. The van der Waals surface area contributed by atoms with E-state index in [-0.39, 0.29) is 18.1 Å². The molecule has 3 aromatic carbocycles. The van der Waals surface area contributed by atoms with Gasteiger partial charge in [0.05, 0.1) is 30.2 Å². The number of benzodiazepines with no additional fused rings is 1. The summed E-state index contributed by atoms with van der Waals surface area (Å²) >= 11 is 0. The van der Waals surface area contributed by atoms with Crippen molar-refractivity contribution < 1.29 is 32.3 Å². The number of carbonyl (C=O) groups is 3. The first kappa shape index (κ1) is 30.7. The summed E-state index contributed by atoms with van der Waals surface area (Å²) in [6.45, 7) is 2.31. The summed E-state index contributed by atoms with van der Waals surface area (Å²) in [5.41, 5.74) is 1.15. The summed E-state index contributed by atoms with van der Waals surface area (Å²) in [4.78, 5) is 50.0. The van der Waals surface area contributed by atoms with Gasteiger partial charge in [-0.25, -0.2) is 4.79 Å². The van der Waals surface area contributed by atoms with Crippen LogP contribution in [0.5, 0.6) is 0 Å². The summed E-state index contributed by atoms with van der Waals surface area (Å²) in [5, 5.41) is 4.87. The van der Waals surface area contributed by atoms with E-state index in [0.717, 1.165) is 12.1 Å². The Morgan fingerprint density at radius 1 is 1.00 bits per heavy atom. The highest BCUT2D eigenvalue weighted by Crippen LogP contribution is 2.31. The zero-order valence-electron chi connectivity index (χ0n) is 23.9. The smallest absolute Gasteiger partial charge is 0.379 e. The molecule has 1 fully saturated rings. The summed E-state index contributed by atoms with van der Waals surface area (Å²) in [7, 11) is 1.60. The van der Waals surface area contributed by atoms with Gasteiger partial charge in [0.1, 0.15) is 6.54 Å². The zero-order chi connectivity index (χ0) is 31.3. The second-order valence-electron chi connectivity index (χ2n) is 10.3. The average Bonchev–Trinajstić information content (AvgIpc) is 3.12. The van der Waals surface area contributed by atoms with Crippen molar-refractivity contribution in [2.24, 2.45) is 4.99 Å². The minimum absolute atomic E-state index is 0.115. The number of alkyl halides is 3. The molecule has 2 N–H and O–H groups in total. The van der Waals surface area contributed by atoms with E-state index in [9.17, 15) is 27.6 Å². The molecule has 1 atom stereocenters. The zero-order valence-corrected chi connectivity index (χ0v) is 23.9. The summed E-state index contributed by atoms with van der Waals surface area (Å²) < 4.78 is 45.1.